The lowest BCUT2D eigenvalue weighted by Gasteiger charge is -2.48. The second kappa shape index (κ2) is 8.76. The van der Waals surface area contributed by atoms with Gasteiger partial charge in [0.15, 0.2) is 6.10 Å². The highest BCUT2D eigenvalue weighted by Gasteiger charge is 2.54. The summed E-state index contributed by atoms with van der Waals surface area (Å²) in [7, 11) is 1.38. The third kappa shape index (κ3) is 5.62. The zero-order valence-corrected chi connectivity index (χ0v) is 18.5. The van der Waals surface area contributed by atoms with Crippen LogP contribution < -0.4 is 15.4 Å². The molecule has 11 heteroatoms. The fraction of sp³-hybridized carbons (Fsp3) is 0.667. The van der Waals surface area contributed by atoms with Gasteiger partial charge in [-0.05, 0) is 46.0 Å². The van der Waals surface area contributed by atoms with Crippen LogP contribution in [0.2, 0.25) is 0 Å². The van der Waals surface area contributed by atoms with Crippen molar-refractivity contribution in [1.82, 2.24) is 10.3 Å². The number of ether oxygens (including phenoxy) is 3. The van der Waals surface area contributed by atoms with E-state index in [1.54, 1.807) is 20.8 Å². The Hall–Kier alpha value is -2.56. The summed E-state index contributed by atoms with van der Waals surface area (Å²) < 4.78 is 55.3. The van der Waals surface area contributed by atoms with E-state index in [1.807, 2.05) is 0 Å². The predicted octanol–water partition coefficient (Wildman–Crippen LogP) is 4.06. The van der Waals surface area contributed by atoms with Gasteiger partial charge in [-0.2, -0.15) is 13.2 Å². The third-order valence-corrected chi connectivity index (χ3v) is 5.52. The van der Waals surface area contributed by atoms with Gasteiger partial charge < -0.3 is 19.5 Å². The number of anilines is 1. The van der Waals surface area contributed by atoms with Crippen molar-refractivity contribution < 1.29 is 37.0 Å². The van der Waals surface area contributed by atoms with Gasteiger partial charge in [-0.3, -0.25) is 10.1 Å². The summed E-state index contributed by atoms with van der Waals surface area (Å²) in [6.45, 7) is 4.85. The number of carbonyl (C=O) groups is 2. The molecule has 2 bridgehead atoms. The number of alkyl halides is 3. The van der Waals surface area contributed by atoms with E-state index in [0.717, 1.165) is 0 Å². The number of methoxy groups -OCH3 is 1. The Morgan fingerprint density at radius 2 is 2.00 bits per heavy atom. The minimum absolute atomic E-state index is 0.0529. The second-order valence-corrected chi connectivity index (χ2v) is 9.26. The van der Waals surface area contributed by atoms with Crippen molar-refractivity contribution in [2.75, 3.05) is 19.0 Å². The quantitative estimate of drug-likeness (QED) is 0.705. The molecular formula is C21H28F3N3O5. The van der Waals surface area contributed by atoms with Crippen molar-refractivity contribution in [3.8, 4) is 5.88 Å². The topological polar surface area (TPSA) is 98.8 Å². The maximum absolute atomic E-state index is 13.3. The standard InChI is InChI=1S/C21H28F3N3O5/c1-19(2,3)32-18(29)26-14-10-25-15(30-4)8-13(14)17(28)27-20-7-5-6-12(9-20)16(31-11-20)21(22,23)24/h8,10,12,16H,5-7,9,11H2,1-4H3,(H,26,29)(H,27,28). The van der Waals surface area contributed by atoms with Gasteiger partial charge in [0.1, 0.15) is 5.60 Å². The number of pyridine rings is 1. The van der Waals surface area contributed by atoms with Crippen LogP contribution in [-0.2, 0) is 9.47 Å². The van der Waals surface area contributed by atoms with Gasteiger partial charge in [0, 0.05) is 6.07 Å². The number of halogens is 3. The number of amides is 2. The molecule has 178 valence electrons. The van der Waals surface area contributed by atoms with Gasteiger partial charge >= 0.3 is 12.3 Å². The normalized spacial score (nSPS) is 25.6. The highest BCUT2D eigenvalue weighted by molar-refractivity contribution is 6.03. The van der Waals surface area contributed by atoms with E-state index in [9.17, 15) is 22.8 Å². The van der Waals surface area contributed by atoms with Gasteiger partial charge in [-0.25, -0.2) is 9.78 Å². The molecule has 2 N–H and O–H groups in total. The molecule has 1 aromatic heterocycles. The number of rotatable bonds is 4. The van der Waals surface area contributed by atoms with Crippen molar-refractivity contribution >= 4 is 17.7 Å². The summed E-state index contributed by atoms with van der Waals surface area (Å²) in [5, 5.41) is 5.36. The molecule has 3 unspecified atom stereocenters. The Kier molecular flexibility index (Phi) is 6.60. The first-order chi connectivity index (χ1) is 14.8. The molecule has 3 atom stereocenters. The molecule has 8 nitrogen and oxygen atoms in total. The molecule has 1 aliphatic carbocycles. The largest absolute Gasteiger partial charge is 0.481 e. The van der Waals surface area contributed by atoms with Crippen molar-refractivity contribution in [3.63, 3.8) is 0 Å². The second-order valence-electron chi connectivity index (χ2n) is 9.26. The lowest BCUT2D eigenvalue weighted by molar-refractivity contribution is -0.262. The zero-order valence-electron chi connectivity index (χ0n) is 18.5. The first-order valence-corrected chi connectivity index (χ1v) is 10.4. The van der Waals surface area contributed by atoms with Crippen LogP contribution in [0.25, 0.3) is 0 Å². The minimum Gasteiger partial charge on any atom is -0.481 e. The molecule has 2 aliphatic rings. The van der Waals surface area contributed by atoms with Crippen molar-refractivity contribution in [2.24, 2.45) is 5.92 Å². The van der Waals surface area contributed by atoms with E-state index >= 15 is 0 Å². The molecule has 1 saturated carbocycles. The Bertz CT molecular complexity index is 871. The van der Waals surface area contributed by atoms with Gasteiger partial charge in [-0.1, -0.05) is 6.42 Å². The zero-order chi connectivity index (χ0) is 23.7. The summed E-state index contributed by atoms with van der Waals surface area (Å²) in [5.74, 6) is -1.16. The summed E-state index contributed by atoms with van der Waals surface area (Å²) in [4.78, 5) is 29.4. The van der Waals surface area contributed by atoms with Crippen LogP contribution >= 0.6 is 0 Å². The smallest absolute Gasteiger partial charge is 0.414 e. The molecule has 0 spiro atoms. The molecule has 1 aromatic rings. The minimum atomic E-state index is -4.44. The monoisotopic (exact) mass is 459 g/mol. The lowest BCUT2D eigenvalue weighted by atomic mass is 9.71. The molecule has 3 rings (SSSR count). The first-order valence-electron chi connectivity index (χ1n) is 10.4. The van der Waals surface area contributed by atoms with E-state index in [4.69, 9.17) is 14.2 Å². The lowest BCUT2D eigenvalue weighted by Crippen LogP contribution is -2.61. The Balaban J connectivity index is 1.80. The Morgan fingerprint density at radius 3 is 2.62 bits per heavy atom. The van der Waals surface area contributed by atoms with E-state index in [0.29, 0.717) is 19.3 Å². The van der Waals surface area contributed by atoms with Crippen molar-refractivity contribution in [3.05, 3.63) is 17.8 Å². The van der Waals surface area contributed by atoms with Crippen LogP contribution in [0.15, 0.2) is 12.3 Å². The van der Waals surface area contributed by atoms with Gasteiger partial charge in [0.2, 0.25) is 5.88 Å². The molecule has 1 aliphatic heterocycles. The SMILES string of the molecule is COc1cc(C(=O)NC23CCCC(C2)C(C(F)(F)F)OC3)c(NC(=O)OC(C)(C)C)cn1. The van der Waals surface area contributed by atoms with Crippen LogP contribution in [0, 0.1) is 5.92 Å². The molecular weight excluding hydrogens is 431 g/mol. The number of hydrogen-bond donors (Lipinski definition) is 2. The summed E-state index contributed by atoms with van der Waals surface area (Å²) in [5.41, 5.74) is -1.53. The maximum atomic E-state index is 13.3. The average Bonchev–Trinajstić information content (AvgIpc) is 2.65. The fourth-order valence-corrected chi connectivity index (χ4v) is 4.25. The summed E-state index contributed by atoms with van der Waals surface area (Å²) in [6, 6.07) is 1.35. The number of nitrogens with zero attached hydrogens (tertiary/aromatic N) is 1. The number of nitrogens with one attached hydrogen (secondary N) is 2. The number of fused-ring (bicyclic) bond motifs is 2. The van der Waals surface area contributed by atoms with Crippen LogP contribution in [-0.4, -0.2) is 54.1 Å². The molecule has 1 saturated heterocycles. The van der Waals surface area contributed by atoms with E-state index < -0.39 is 41.3 Å². The van der Waals surface area contributed by atoms with Crippen molar-refractivity contribution in [1.29, 1.82) is 0 Å². The Labute approximate surface area is 184 Å². The third-order valence-electron chi connectivity index (χ3n) is 5.52. The summed E-state index contributed by atoms with van der Waals surface area (Å²) in [6.07, 6.45) is -4.19. The molecule has 0 aromatic carbocycles. The molecule has 2 fully saturated rings. The number of carbonyl (C=O) groups excluding carboxylic acids is 2. The van der Waals surface area contributed by atoms with Crippen LogP contribution in [0.3, 0.4) is 0 Å². The number of aromatic nitrogens is 1. The van der Waals surface area contributed by atoms with Gasteiger partial charge in [-0.15, -0.1) is 0 Å². The molecule has 32 heavy (non-hydrogen) atoms. The average molecular weight is 459 g/mol. The molecule has 2 amide bonds. The van der Waals surface area contributed by atoms with Gasteiger partial charge in [0.05, 0.1) is 36.7 Å². The van der Waals surface area contributed by atoms with E-state index in [-0.39, 0.29) is 30.2 Å². The van der Waals surface area contributed by atoms with Gasteiger partial charge in [0.25, 0.3) is 5.91 Å². The first kappa shape index (κ1) is 24.1. The maximum Gasteiger partial charge on any atom is 0.414 e. The van der Waals surface area contributed by atoms with Crippen LogP contribution in [0.4, 0.5) is 23.7 Å². The fourth-order valence-electron chi connectivity index (χ4n) is 4.25. The van der Waals surface area contributed by atoms with Crippen LogP contribution in [0.5, 0.6) is 5.88 Å². The summed E-state index contributed by atoms with van der Waals surface area (Å²) >= 11 is 0. The van der Waals surface area contributed by atoms with E-state index in [1.165, 1.54) is 19.4 Å². The number of hydrogen-bond acceptors (Lipinski definition) is 6. The molecule has 0 radical (unpaired) electrons. The highest BCUT2D eigenvalue weighted by Crippen LogP contribution is 2.45. The molecule has 2 heterocycles. The van der Waals surface area contributed by atoms with E-state index in [2.05, 4.69) is 15.6 Å². The predicted molar refractivity (Wildman–Crippen MR) is 109 cm³/mol. The highest BCUT2D eigenvalue weighted by atomic mass is 19.4. The Morgan fingerprint density at radius 1 is 1.28 bits per heavy atom. The van der Waals surface area contributed by atoms with Crippen LogP contribution in [0.1, 0.15) is 56.8 Å². The van der Waals surface area contributed by atoms with Crippen molar-refractivity contribution in [2.45, 2.75) is 69.9 Å².